The summed E-state index contributed by atoms with van der Waals surface area (Å²) in [6, 6.07) is 7.40. The number of rotatable bonds is 6. The van der Waals surface area contributed by atoms with Gasteiger partial charge in [0.05, 0.1) is 35.2 Å². The van der Waals surface area contributed by atoms with E-state index in [2.05, 4.69) is 15.5 Å². The average molecular weight is 416 g/mol. The van der Waals surface area contributed by atoms with Gasteiger partial charge in [0.2, 0.25) is 12.7 Å². The molecule has 0 fully saturated rings. The van der Waals surface area contributed by atoms with E-state index in [1.165, 1.54) is 0 Å². The molecular formula is C20H22ClN5O3. The van der Waals surface area contributed by atoms with E-state index in [0.717, 1.165) is 28.5 Å². The van der Waals surface area contributed by atoms with Gasteiger partial charge in [-0.15, -0.1) is 0 Å². The van der Waals surface area contributed by atoms with Crippen LogP contribution >= 0.6 is 11.6 Å². The molecule has 9 heteroatoms. The number of aryl methyl sites for hydroxylation is 1. The number of carbonyl (C=O) groups excluding carboxylic acids is 1. The highest BCUT2D eigenvalue weighted by molar-refractivity contribution is 6.31. The molecule has 1 unspecified atom stereocenters. The molecule has 0 spiro atoms. The zero-order valence-corrected chi connectivity index (χ0v) is 17.2. The number of anilines is 1. The first-order valence-electron chi connectivity index (χ1n) is 9.33. The van der Waals surface area contributed by atoms with Gasteiger partial charge in [-0.1, -0.05) is 17.7 Å². The average Bonchev–Trinajstić information content (AvgIpc) is 3.38. The highest BCUT2D eigenvalue weighted by Gasteiger charge is 2.18. The van der Waals surface area contributed by atoms with E-state index in [1.807, 2.05) is 39.0 Å². The largest absolute Gasteiger partial charge is 0.454 e. The van der Waals surface area contributed by atoms with Gasteiger partial charge in [0.1, 0.15) is 5.82 Å². The maximum Gasteiger partial charge on any atom is 0.231 e. The van der Waals surface area contributed by atoms with Crippen LogP contribution in [0.15, 0.2) is 30.5 Å². The lowest BCUT2D eigenvalue weighted by Crippen LogP contribution is -2.21. The van der Waals surface area contributed by atoms with E-state index in [0.29, 0.717) is 17.4 Å². The third kappa shape index (κ3) is 3.93. The maximum absolute atomic E-state index is 12.6. The minimum absolute atomic E-state index is 0.117. The number of benzene rings is 1. The fraction of sp³-hybridized carbons (Fsp3) is 0.350. The second-order valence-corrected chi connectivity index (χ2v) is 7.47. The molecule has 1 N–H and O–H groups in total. The minimum Gasteiger partial charge on any atom is -0.454 e. The van der Waals surface area contributed by atoms with Gasteiger partial charge in [-0.2, -0.15) is 10.2 Å². The summed E-state index contributed by atoms with van der Waals surface area (Å²) in [6.07, 6.45) is 1.93. The number of amides is 1. The Morgan fingerprint density at radius 2 is 2.07 bits per heavy atom. The van der Waals surface area contributed by atoms with Crippen LogP contribution in [0.5, 0.6) is 11.5 Å². The summed E-state index contributed by atoms with van der Waals surface area (Å²) in [5.74, 6) is 1.97. The number of nitrogens with zero attached hydrogens (tertiary/aromatic N) is 4. The van der Waals surface area contributed by atoms with E-state index in [4.69, 9.17) is 21.1 Å². The Bertz CT molecular complexity index is 1060. The smallest absolute Gasteiger partial charge is 0.231 e. The molecule has 8 nitrogen and oxygen atoms in total. The number of hydrogen-bond acceptors (Lipinski definition) is 5. The molecule has 0 bridgehead atoms. The predicted molar refractivity (Wildman–Crippen MR) is 109 cm³/mol. The molecule has 152 valence electrons. The first kappa shape index (κ1) is 19.3. The van der Waals surface area contributed by atoms with E-state index in [-0.39, 0.29) is 25.2 Å². The van der Waals surface area contributed by atoms with Crippen LogP contribution in [0.4, 0.5) is 5.82 Å². The molecule has 2 aromatic heterocycles. The molecule has 0 radical (unpaired) electrons. The molecule has 0 aliphatic carbocycles. The third-order valence-corrected chi connectivity index (χ3v) is 5.44. The lowest BCUT2D eigenvalue weighted by Gasteiger charge is -2.15. The summed E-state index contributed by atoms with van der Waals surface area (Å²) < 4.78 is 14.3. The first-order chi connectivity index (χ1) is 13.9. The Labute approximate surface area is 173 Å². The highest BCUT2D eigenvalue weighted by Crippen LogP contribution is 2.32. The van der Waals surface area contributed by atoms with Crippen molar-refractivity contribution in [2.75, 3.05) is 12.1 Å². The monoisotopic (exact) mass is 415 g/mol. The Balaban J connectivity index is 1.42. The van der Waals surface area contributed by atoms with Crippen LogP contribution in [0.3, 0.4) is 0 Å². The van der Waals surface area contributed by atoms with Gasteiger partial charge < -0.3 is 14.8 Å². The van der Waals surface area contributed by atoms with E-state index in [9.17, 15) is 4.79 Å². The van der Waals surface area contributed by atoms with Crippen LogP contribution in [0, 0.1) is 13.8 Å². The van der Waals surface area contributed by atoms with Crippen LogP contribution in [-0.4, -0.2) is 32.3 Å². The van der Waals surface area contributed by atoms with Crippen molar-refractivity contribution >= 4 is 23.3 Å². The topological polar surface area (TPSA) is 83.2 Å². The van der Waals surface area contributed by atoms with Crippen LogP contribution in [0.25, 0.3) is 0 Å². The Kier molecular flexibility index (Phi) is 5.19. The van der Waals surface area contributed by atoms with Crippen molar-refractivity contribution in [1.82, 2.24) is 19.6 Å². The number of halogens is 1. The summed E-state index contributed by atoms with van der Waals surface area (Å²) in [5.41, 5.74) is 2.62. The zero-order valence-electron chi connectivity index (χ0n) is 16.5. The highest BCUT2D eigenvalue weighted by atomic mass is 35.5. The lowest BCUT2D eigenvalue weighted by molar-refractivity contribution is -0.116. The van der Waals surface area contributed by atoms with Crippen molar-refractivity contribution in [1.29, 1.82) is 0 Å². The quantitative estimate of drug-likeness (QED) is 0.663. The van der Waals surface area contributed by atoms with Crippen LogP contribution in [0.2, 0.25) is 5.02 Å². The second-order valence-electron chi connectivity index (χ2n) is 7.09. The number of nitrogens with one attached hydrogen (secondary N) is 1. The Hall–Kier alpha value is -3.00. The van der Waals surface area contributed by atoms with Crippen molar-refractivity contribution in [3.63, 3.8) is 0 Å². The third-order valence-electron chi connectivity index (χ3n) is 4.89. The van der Waals surface area contributed by atoms with Crippen molar-refractivity contribution in [2.24, 2.45) is 0 Å². The molecule has 1 aliphatic rings. The molecule has 1 atom stereocenters. The van der Waals surface area contributed by atoms with Crippen LogP contribution in [-0.2, 0) is 11.3 Å². The number of hydrogen-bond donors (Lipinski definition) is 1. The van der Waals surface area contributed by atoms with Gasteiger partial charge in [0, 0.05) is 12.5 Å². The predicted octanol–water partition coefficient (Wildman–Crippen LogP) is 3.72. The second kappa shape index (κ2) is 7.79. The fourth-order valence-electron chi connectivity index (χ4n) is 3.40. The molecule has 1 aromatic carbocycles. The van der Waals surface area contributed by atoms with E-state index in [1.54, 1.807) is 21.6 Å². The van der Waals surface area contributed by atoms with Crippen molar-refractivity contribution < 1.29 is 14.3 Å². The minimum atomic E-state index is -0.119. The Morgan fingerprint density at radius 1 is 1.28 bits per heavy atom. The standard InChI is InChI=1S/C20H22ClN5O3/c1-12(26-14(3)20(21)13(2)24-26)8-19(27)23-18-6-7-22-25(18)10-15-4-5-16-17(9-15)29-11-28-16/h4-7,9,12H,8,10-11H2,1-3H3,(H,23,27). The summed E-state index contributed by atoms with van der Waals surface area (Å²) in [7, 11) is 0. The molecule has 1 amide bonds. The van der Waals surface area contributed by atoms with Gasteiger partial charge in [0.25, 0.3) is 0 Å². The van der Waals surface area contributed by atoms with Crippen molar-refractivity contribution in [3.05, 3.63) is 52.4 Å². The number of carbonyl (C=O) groups is 1. The van der Waals surface area contributed by atoms with Crippen LogP contribution in [0.1, 0.15) is 36.3 Å². The van der Waals surface area contributed by atoms with Gasteiger partial charge in [-0.3, -0.25) is 9.48 Å². The van der Waals surface area contributed by atoms with E-state index < -0.39 is 0 Å². The molecule has 0 saturated heterocycles. The maximum atomic E-state index is 12.6. The molecule has 3 aromatic rings. The SMILES string of the molecule is Cc1nn(C(C)CC(=O)Nc2ccnn2Cc2ccc3c(c2)OCO3)c(C)c1Cl. The molecule has 29 heavy (non-hydrogen) atoms. The number of ether oxygens (including phenoxy) is 2. The number of fused-ring (bicyclic) bond motifs is 1. The molecule has 3 heterocycles. The number of aromatic nitrogens is 4. The lowest BCUT2D eigenvalue weighted by atomic mass is 10.2. The van der Waals surface area contributed by atoms with Crippen LogP contribution < -0.4 is 14.8 Å². The van der Waals surface area contributed by atoms with Crippen molar-refractivity contribution in [3.8, 4) is 11.5 Å². The summed E-state index contributed by atoms with van der Waals surface area (Å²) in [4.78, 5) is 12.6. The van der Waals surface area contributed by atoms with E-state index >= 15 is 0 Å². The Morgan fingerprint density at radius 3 is 2.83 bits per heavy atom. The molecular weight excluding hydrogens is 394 g/mol. The zero-order chi connectivity index (χ0) is 20.5. The normalized spacial score (nSPS) is 13.5. The van der Waals surface area contributed by atoms with Gasteiger partial charge in [-0.05, 0) is 38.5 Å². The summed E-state index contributed by atoms with van der Waals surface area (Å²) >= 11 is 6.21. The summed E-state index contributed by atoms with van der Waals surface area (Å²) in [5, 5.41) is 12.3. The fourth-order valence-corrected chi connectivity index (χ4v) is 3.52. The van der Waals surface area contributed by atoms with Gasteiger partial charge in [-0.25, -0.2) is 4.68 Å². The van der Waals surface area contributed by atoms with Gasteiger partial charge in [0.15, 0.2) is 11.5 Å². The first-order valence-corrected chi connectivity index (χ1v) is 9.71. The molecule has 1 aliphatic heterocycles. The molecule has 0 saturated carbocycles. The molecule has 4 rings (SSSR count). The van der Waals surface area contributed by atoms with Crippen molar-refractivity contribution in [2.45, 2.75) is 39.8 Å². The van der Waals surface area contributed by atoms with Gasteiger partial charge >= 0.3 is 0 Å². The summed E-state index contributed by atoms with van der Waals surface area (Å²) in [6.45, 7) is 6.44.